The molecule has 2 fully saturated rings. The molecule has 0 radical (unpaired) electrons. The predicted molar refractivity (Wildman–Crippen MR) is 112 cm³/mol. The normalized spacial score (nSPS) is 17.5. The van der Waals surface area contributed by atoms with Crippen molar-refractivity contribution in [1.29, 1.82) is 0 Å². The van der Waals surface area contributed by atoms with E-state index in [1.54, 1.807) is 6.33 Å². The monoisotopic (exact) mass is 375 g/mol. The van der Waals surface area contributed by atoms with Gasteiger partial charge in [-0.05, 0) is 43.5 Å². The average Bonchev–Trinajstić information content (AvgIpc) is 3.28. The summed E-state index contributed by atoms with van der Waals surface area (Å²) in [7, 11) is 0. The van der Waals surface area contributed by atoms with E-state index >= 15 is 0 Å². The summed E-state index contributed by atoms with van der Waals surface area (Å²) in [6.07, 6.45) is 7.95. The van der Waals surface area contributed by atoms with Crippen molar-refractivity contribution in [3.63, 3.8) is 0 Å². The number of hydrogen-bond donors (Lipinski definition) is 0. The van der Waals surface area contributed by atoms with Gasteiger partial charge in [0.25, 0.3) is 0 Å². The number of aryl methyl sites for hydroxylation is 1. The maximum absolute atomic E-state index is 4.61. The highest BCUT2D eigenvalue weighted by Crippen LogP contribution is 2.30. The average molecular weight is 375 g/mol. The van der Waals surface area contributed by atoms with Crippen LogP contribution in [0.25, 0.3) is 10.9 Å². The second-order valence-electron chi connectivity index (χ2n) is 7.63. The maximum atomic E-state index is 4.61. The third-order valence-corrected chi connectivity index (χ3v) is 5.70. The molecular formula is C21H25N7. The molecule has 7 heteroatoms. The predicted octanol–water partition coefficient (Wildman–Crippen LogP) is 2.66. The Bertz CT molecular complexity index is 958. The third kappa shape index (κ3) is 3.21. The van der Waals surface area contributed by atoms with Gasteiger partial charge in [0.05, 0.1) is 5.52 Å². The first kappa shape index (κ1) is 17.2. The number of aromatic nitrogens is 4. The quantitative estimate of drug-likeness (QED) is 0.697. The van der Waals surface area contributed by atoms with E-state index in [0.29, 0.717) is 0 Å². The van der Waals surface area contributed by atoms with Crippen LogP contribution in [0.4, 0.5) is 17.5 Å². The van der Waals surface area contributed by atoms with Gasteiger partial charge >= 0.3 is 0 Å². The molecule has 0 spiro atoms. The Kier molecular flexibility index (Phi) is 4.43. The Balaban J connectivity index is 1.36. The summed E-state index contributed by atoms with van der Waals surface area (Å²) in [5.41, 5.74) is 3.36. The summed E-state index contributed by atoms with van der Waals surface area (Å²) < 4.78 is 0. The van der Waals surface area contributed by atoms with Gasteiger partial charge in [-0.15, -0.1) is 0 Å². The lowest BCUT2D eigenvalue weighted by Crippen LogP contribution is -2.47. The minimum Gasteiger partial charge on any atom is -0.368 e. The third-order valence-electron chi connectivity index (χ3n) is 5.70. The van der Waals surface area contributed by atoms with E-state index in [9.17, 15) is 0 Å². The first-order valence-corrected chi connectivity index (χ1v) is 10.1. The van der Waals surface area contributed by atoms with E-state index in [1.165, 1.54) is 18.5 Å². The lowest BCUT2D eigenvalue weighted by atomic mass is 10.1. The van der Waals surface area contributed by atoms with Crippen LogP contribution in [0.1, 0.15) is 18.4 Å². The van der Waals surface area contributed by atoms with Crippen molar-refractivity contribution in [2.45, 2.75) is 19.8 Å². The standard InChI is InChI=1S/C21H25N7/c1-16-13-22-21(23-14-16)28-10-8-26(9-11-28)17-4-5-19-18(12-17)20(25-15-24-19)27-6-2-3-7-27/h4-5,12-15H,2-3,6-11H2,1H3. The number of piperazine rings is 1. The fourth-order valence-electron chi connectivity index (χ4n) is 4.12. The van der Waals surface area contributed by atoms with Crippen molar-refractivity contribution in [2.75, 3.05) is 54.0 Å². The minimum atomic E-state index is 0.827. The summed E-state index contributed by atoms with van der Waals surface area (Å²) in [5, 5.41) is 1.16. The Labute approximate surface area is 165 Å². The highest BCUT2D eigenvalue weighted by atomic mass is 15.3. The molecule has 0 saturated carbocycles. The number of hydrogen-bond acceptors (Lipinski definition) is 7. The molecule has 0 atom stereocenters. The number of nitrogens with zero attached hydrogens (tertiary/aromatic N) is 7. The Morgan fingerprint density at radius 3 is 2.21 bits per heavy atom. The molecule has 0 unspecified atom stereocenters. The first-order valence-electron chi connectivity index (χ1n) is 10.1. The smallest absolute Gasteiger partial charge is 0.225 e. The zero-order chi connectivity index (χ0) is 18.9. The van der Waals surface area contributed by atoms with Gasteiger partial charge in [-0.25, -0.2) is 19.9 Å². The largest absolute Gasteiger partial charge is 0.368 e. The highest BCUT2D eigenvalue weighted by Gasteiger charge is 2.21. The number of rotatable bonds is 3. The van der Waals surface area contributed by atoms with Crippen LogP contribution in [-0.2, 0) is 0 Å². The van der Waals surface area contributed by atoms with Gasteiger partial charge < -0.3 is 14.7 Å². The van der Waals surface area contributed by atoms with Gasteiger partial charge in [0.1, 0.15) is 12.1 Å². The van der Waals surface area contributed by atoms with Crippen LogP contribution >= 0.6 is 0 Å². The molecule has 0 bridgehead atoms. The summed E-state index contributed by atoms with van der Waals surface area (Å²) >= 11 is 0. The van der Waals surface area contributed by atoms with Crippen molar-refractivity contribution in [3.05, 3.63) is 42.5 Å². The highest BCUT2D eigenvalue weighted by molar-refractivity contribution is 5.92. The molecule has 0 aliphatic carbocycles. The molecule has 5 rings (SSSR count). The van der Waals surface area contributed by atoms with Crippen LogP contribution in [-0.4, -0.2) is 59.2 Å². The van der Waals surface area contributed by atoms with Gasteiger partial charge in [0.15, 0.2) is 0 Å². The minimum absolute atomic E-state index is 0.827. The molecule has 2 saturated heterocycles. The van der Waals surface area contributed by atoms with E-state index in [-0.39, 0.29) is 0 Å². The summed E-state index contributed by atoms with van der Waals surface area (Å²) in [6, 6.07) is 6.57. The number of benzene rings is 1. The molecule has 2 aromatic heterocycles. The van der Waals surface area contributed by atoms with Crippen molar-refractivity contribution in [1.82, 2.24) is 19.9 Å². The van der Waals surface area contributed by atoms with E-state index in [4.69, 9.17) is 0 Å². The van der Waals surface area contributed by atoms with Crippen molar-refractivity contribution >= 4 is 28.4 Å². The van der Waals surface area contributed by atoms with E-state index < -0.39 is 0 Å². The topological polar surface area (TPSA) is 61.3 Å². The first-order chi connectivity index (χ1) is 13.8. The van der Waals surface area contributed by atoms with E-state index in [0.717, 1.165) is 67.5 Å². The Hall–Kier alpha value is -2.96. The van der Waals surface area contributed by atoms with Gasteiger partial charge in [0, 0.05) is 62.7 Å². The molecule has 2 aliphatic heterocycles. The van der Waals surface area contributed by atoms with Gasteiger partial charge in [0.2, 0.25) is 5.95 Å². The SMILES string of the molecule is Cc1cnc(N2CCN(c3ccc4ncnc(N5CCCC5)c4c3)CC2)nc1. The fraction of sp³-hybridized carbons (Fsp3) is 0.429. The molecule has 28 heavy (non-hydrogen) atoms. The van der Waals surface area contributed by atoms with Crippen molar-refractivity contribution < 1.29 is 0 Å². The molecule has 7 nitrogen and oxygen atoms in total. The van der Waals surface area contributed by atoms with Gasteiger partial charge in [-0.2, -0.15) is 0 Å². The van der Waals surface area contributed by atoms with Gasteiger partial charge in [-0.3, -0.25) is 0 Å². The van der Waals surface area contributed by atoms with Gasteiger partial charge in [-0.1, -0.05) is 0 Å². The molecule has 0 N–H and O–H groups in total. The molecule has 4 heterocycles. The van der Waals surface area contributed by atoms with Crippen molar-refractivity contribution in [2.24, 2.45) is 0 Å². The fourth-order valence-corrected chi connectivity index (χ4v) is 4.12. The second-order valence-corrected chi connectivity index (χ2v) is 7.63. The van der Waals surface area contributed by atoms with E-state index in [2.05, 4.69) is 52.8 Å². The van der Waals surface area contributed by atoms with Crippen LogP contribution in [0.15, 0.2) is 36.9 Å². The molecule has 3 aromatic rings. The molecule has 1 aromatic carbocycles. The maximum Gasteiger partial charge on any atom is 0.225 e. The summed E-state index contributed by atoms with van der Waals surface area (Å²) in [5.74, 6) is 1.91. The zero-order valence-corrected chi connectivity index (χ0v) is 16.3. The summed E-state index contributed by atoms with van der Waals surface area (Å²) in [4.78, 5) is 25.1. The molecule has 144 valence electrons. The lowest BCUT2D eigenvalue weighted by Gasteiger charge is -2.36. The van der Waals surface area contributed by atoms with Crippen LogP contribution in [0, 0.1) is 6.92 Å². The zero-order valence-electron chi connectivity index (χ0n) is 16.3. The summed E-state index contributed by atoms with van der Waals surface area (Å²) in [6.45, 7) is 7.94. The molecular weight excluding hydrogens is 350 g/mol. The number of fused-ring (bicyclic) bond motifs is 1. The Morgan fingerprint density at radius 2 is 1.46 bits per heavy atom. The van der Waals surface area contributed by atoms with Crippen LogP contribution in [0.5, 0.6) is 0 Å². The molecule has 0 amide bonds. The lowest BCUT2D eigenvalue weighted by molar-refractivity contribution is 0.640. The Morgan fingerprint density at radius 1 is 0.750 bits per heavy atom. The van der Waals surface area contributed by atoms with Crippen LogP contribution < -0.4 is 14.7 Å². The van der Waals surface area contributed by atoms with Crippen LogP contribution in [0.2, 0.25) is 0 Å². The molecule has 2 aliphatic rings. The van der Waals surface area contributed by atoms with Crippen molar-refractivity contribution in [3.8, 4) is 0 Å². The number of anilines is 3. The second kappa shape index (κ2) is 7.22. The van der Waals surface area contributed by atoms with Crippen LogP contribution in [0.3, 0.4) is 0 Å². The van der Waals surface area contributed by atoms with E-state index in [1.807, 2.05) is 19.3 Å².